The van der Waals surface area contributed by atoms with E-state index in [0.717, 1.165) is 27.6 Å². The van der Waals surface area contributed by atoms with E-state index >= 15 is 0 Å². The molecule has 0 aromatic heterocycles. The van der Waals surface area contributed by atoms with Crippen LogP contribution >= 0.6 is 0 Å². The molecule has 1 heteroatoms. The molecule has 0 nitrogen and oxygen atoms in total. The van der Waals surface area contributed by atoms with Gasteiger partial charge in [-0.05, 0) is 40.6 Å². The molecule has 104 valence electrons. The van der Waals surface area contributed by atoms with Gasteiger partial charge < -0.3 is 0 Å². The Morgan fingerprint density at radius 3 is 2.29 bits per heavy atom. The summed E-state index contributed by atoms with van der Waals surface area (Å²) in [6.07, 6.45) is 7.16. The molecule has 0 aliphatic heterocycles. The third-order valence-electron chi connectivity index (χ3n) is 3.80. The van der Waals surface area contributed by atoms with E-state index in [2.05, 4.69) is 31.7 Å². The third kappa shape index (κ3) is 2.87. The predicted octanol–water partition coefficient (Wildman–Crippen LogP) is 3.58. The number of hydrogen-bond donors (Lipinski definition) is 0. The molecule has 0 atom stereocenters. The predicted molar refractivity (Wildman–Crippen MR) is 86.2 cm³/mol. The van der Waals surface area contributed by atoms with Crippen molar-refractivity contribution >= 4 is 12.2 Å². The van der Waals surface area contributed by atoms with Crippen molar-refractivity contribution in [3.05, 3.63) is 93.0 Å². The van der Waals surface area contributed by atoms with E-state index in [0.29, 0.717) is 5.22 Å². The van der Waals surface area contributed by atoms with Crippen molar-refractivity contribution in [2.45, 2.75) is 13.3 Å². The molecule has 2 aromatic rings. The quantitative estimate of drug-likeness (QED) is 0.690. The summed E-state index contributed by atoms with van der Waals surface area (Å²) in [5.41, 5.74) is 2.41. The summed E-state index contributed by atoms with van der Waals surface area (Å²) in [6, 6.07) is 13.1. The molecule has 21 heavy (non-hydrogen) atoms. The number of benzene rings is 2. The van der Waals surface area contributed by atoms with Crippen molar-refractivity contribution < 1.29 is 4.39 Å². The highest BCUT2D eigenvalue weighted by Crippen LogP contribution is 2.14. The first-order chi connectivity index (χ1) is 10.1. The van der Waals surface area contributed by atoms with Crippen molar-refractivity contribution in [1.29, 1.82) is 0 Å². The van der Waals surface area contributed by atoms with Crippen LogP contribution in [0.15, 0.2) is 66.3 Å². The van der Waals surface area contributed by atoms with Crippen molar-refractivity contribution in [2.75, 3.05) is 0 Å². The normalized spacial score (nSPS) is 16.8. The summed E-state index contributed by atoms with van der Waals surface area (Å²) in [5.74, 6) is -0.184. The molecule has 0 saturated heterocycles. The molecule has 0 fully saturated rings. The molecule has 1 aliphatic rings. The first kappa shape index (κ1) is 13.6. The maximum absolute atomic E-state index is 14.4. The standard InChI is InChI=1S/C20H17F/c1-14-3-7-16(8-4-14)18-11-12-19(20(21)13-18)17-9-5-15(2)6-10-17/h3-7,9-13H,2,8H2,1H3/b18-16+. The second kappa shape index (κ2) is 5.53. The minimum Gasteiger partial charge on any atom is -0.206 e. The SMILES string of the molecule is C=c1ccc(=c2cc/c(=C3/C=CC(C)=CC3)cc2F)cc1. The Morgan fingerprint density at radius 1 is 0.952 bits per heavy atom. The van der Waals surface area contributed by atoms with Gasteiger partial charge in [0.25, 0.3) is 0 Å². The summed E-state index contributed by atoms with van der Waals surface area (Å²) in [4.78, 5) is 0. The van der Waals surface area contributed by atoms with Gasteiger partial charge in [0.05, 0.1) is 0 Å². The van der Waals surface area contributed by atoms with Gasteiger partial charge in [-0.15, -0.1) is 0 Å². The minimum absolute atomic E-state index is 0.184. The molecule has 0 unspecified atom stereocenters. The highest BCUT2D eigenvalue weighted by molar-refractivity contribution is 5.62. The Morgan fingerprint density at radius 2 is 1.67 bits per heavy atom. The van der Waals surface area contributed by atoms with Gasteiger partial charge in [0.15, 0.2) is 0 Å². The first-order valence-electron chi connectivity index (χ1n) is 7.06. The van der Waals surface area contributed by atoms with E-state index in [1.165, 1.54) is 5.57 Å². The Labute approximate surface area is 123 Å². The van der Waals surface area contributed by atoms with Gasteiger partial charge in [-0.2, -0.15) is 0 Å². The molecule has 0 radical (unpaired) electrons. The monoisotopic (exact) mass is 276 g/mol. The van der Waals surface area contributed by atoms with Gasteiger partial charge in [0.2, 0.25) is 0 Å². The zero-order valence-electron chi connectivity index (χ0n) is 12.1. The largest absolute Gasteiger partial charge is 0.206 e. The van der Waals surface area contributed by atoms with Crippen LogP contribution in [0.25, 0.3) is 12.2 Å². The zero-order valence-corrected chi connectivity index (χ0v) is 12.1. The smallest absolute Gasteiger partial charge is 0.131 e. The Kier molecular flexibility index (Phi) is 3.57. The molecule has 1 aliphatic carbocycles. The molecule has 0 spiro atoms. The fourth-order valence-electron chi connectivity index (χ4n) is 2.49. The van der Waals surface area contributed by atoms with Gasteiger partial charge in [0, 0.05) is 5.22 Å². The highest BCUT2D eigenvalue weighted by Gasteiger charge is 2.01. The Balaban J connectivity index is 2.21. The van der Waals surface area contributed by atoms with E-state index in [-0.39, 0.29) is 5.82 Å². The molecule has 0 bridgehead atoms. The van der Waals surface area contributed by atoms with Crippen LogP contribution in [0.1, 0.15) is 13.3 Å². The van der Waals surface area contributed by atoms with Crippen LogP contribution in [0.2, 0.25) is 0 Å². The average Bonchev–Trinajstić information content (AvgIpc) is 2.49. The van der Waals surface area contributed by atoms with Gasteiger partial charge in [-0.3, -0.25) is 0 Å². The molecule has 0 amide bonds. The van der Waals surface area contributed by atoms with Crippen LogP contribution in [0, 0.1) is 16.3 Å². The zero-order chi connectivity index (χ0) is 14.8. The van der Waals surface area contributed by atoms with Crippen LogP contribution in [0.5, 0.6) is 0 Å². The Bertz CT molecular complexity index is 923. The van der Waals surface area contributed by atoms with Crippen LogP contribution in [-0.2, 0) is 0 Å². The summed E-state index contributed by atoms with van der Waals surface area (Å²) >= 11 is 0. The fourth-order valence-corrected chi connectivity index (χ4v) is 2.49. The average molecular weight is 276 g/mol. The summed E-state index contributed by atoms with van der Waals surface area (Å²) < 4.78 is 14.4. The maximum atomic E-state index is 14.4. The number of allylic oxidation sites excluding steroid dienone is 4. The summed E-state index contributed by atoms with van der Waals surface area (Å²) in [5, 5.41) is 3.39. The molecule has 0 N–H and O–H groups in total. The van der Waals surface area contributed by atoms with Gasteiger partial charge >= 0.3 is 0 Å². The van der Waals surface area contributed by atoms with Crippen LogP contribution in [0.3, 0.4) is 0 Å². The Hall–Kier alpha value is -2.41. The van der Waals surface area contributed by atoms with E-state index < -0.39 is 0 Å². The highest BCUT2D eigenvalue weighted by atomic mass is 19.1. The minimum atomic E-state index is -0.184. The second-order valence-electron chi connectivity index (χ2n) is 5.40. The van der Waals surface area contributed by atoms with E-state index in [4.69, 9.17) is 0 Å². The van der Waals surface area contributed by atoms with Crippen molar-refractivity contribution in [3.8, 4) is 0 Å². The lowest BCUT2D eigenvalue weighted by atomic mass is 10.0. The summed E-state index contributed by atoms with van der Waals surface area (Å²) in [6.45, 7) is 5.92. The topological polar surface area (TPSA) is 0 Å². The van der Waals surface area contributed by atoms with Gasteiger partial charge in [-0.1, -0.05) is 66.8 Å². The van der Waals surface area contributed by atoms with Crippen molar-refractivity contribution in [1.82, 2.24) is 0 Å². The number of rotatable bonds is 0. The summed E-state index contributed by atoms with van der Waals surface area (Å²) in [7, 11) is 0. The van der Waals surface area contributed by atoms with E-state index in [9.17, 15) is 4.39 Å². The first-order valence-corrected chi connectivity index (χ1v) is 7.06. The fraction of sp³-hybridized carbons (Fsp3) is 0.100. The van der Waals surface area contributed by atoms with Crippen molar-refractivity contribution in [3.63, 3.8) is 0 Å². The molecule has 0 saturated carbocycles. The van der Waals surface area contributed by atoms with Crippen LogP contribution in [-0.4, -0.2) is 0 Å². The molecule has 2 aromatic carbocycles. The van der Waals surface area contributed by atoms with E-state index in [1.807, 2.05) is 36.4 Å². The van der Waals surface area contributed by atoms with Crippen LogP contribution < -0.4 is 10.4 Å². The van der Waals surface area contributed by atoms with E-state index in [1.54, 1.807) is 6.07 Å². The molecule has 3 rings (SSSR count). The van der Waals surface area contributed by atoms with Crippen molar-refractivity contribution in [2.24, 2.45) is 0 Å². The van der Waals surface area contributed by atoms with Gasteiger partial charge in [0.1, 0.15) is 5.82 Å². The molecule has 0 heterocycles. The lowest BCUT2D eigenvalue weighted by Gasteiger charge is -2.05. The van der Waals surface area contributed by atoms with Crippen LogP contribution in [0.4, 0.5) is 4.39 Å². The number of halogens is 1. The third-order valence-corrected chi connectivity index (χ3v) is 3.80. The molecular weight excluding hydrogens is 259 g/mol. The lowest BCUT2D eigenvalue weighted by molar-refractivity contribution is 0.618. The lowest BCUT2D eigenvalue weighted by Crippen LogP contribution is -2.07. The number of hydrogen-bond acceptors (Lipinski definition) is 0. The molecular formula is C20H17F. The van der Waals surface area contributed by atoms with Gasteiger partial charge in [-0.25, -0.2) is 4.39 Å². The second-order valence-corrected chi connectivity index (χ2v) is 5.40. The maximum Gasteiger partial charge on any atom is 0.131 e.